The van der Waals surface area contributed by atoms with E-state index in [0.717, 1.165) is 23.1 Å². The van der Waals surface area contributed by atoms with Gasteiger partial charge < -0.3 is 10.1 Å². The molecule has 1 aliphatic rings. The molecule has 1 unspecified atom stereocenters. The van der Waals surface area contributed by atoms with Gasteiger partial charge in [-0.05, 0) is 30.1 Å². The van der Waals surface area contributed by atoms with E-state index in [0.29, 0.717) is 0 Å². The summed E-state index contributed by atoms with van der Waals surface area (Å²) in [5, 5.41) is 2.40. The summed E-state index contributed by atoms with van der Waals surface area (Å²) < 4.78 is 4.98. The highest BCUT2D eigenvalue weighted by atomic mass is 16.5. The Hall–Kier alpha value is -3.21. The number of allylic oxidation sites excluding steroid dienone is 6. The maximum atomic E-state index is 12.8. The van der Waals surface area contributed by atoms with Gasteiger partial charge in [0.15, 0.2) is 5.78 Å². The van der Waals surface area contributed by atoms with Crippen molar-refractivity contribution in [1.29, 1.82) is 0 Å². The van der Waals surface area contributed by atoms with Crippen molar-refractivity contribution in [3.63, 3.8) is 0 Å². The molecule has 28 heavy (non-hydrogen) atoms. The topological polar surface area (TPSA) is 72.5 Å². The summed E-state index contributed by atoms with van der Waals surface area (Å²) in [7, 11) is 1.42. The summed E-state index contributed by atoms with van der Waals surface area (Å²) in [5.41, 5.74) is 2.91. The van der Waals surface area contributed by atoms with E-state index in [1.165, 1.54) is 7.05 Å². The Balaban J connectivity index is 2.21. The van der Waals surface area contributed by atoms with E-state index in [1.807, 2.05) is 54.6 Å². The lowest BCUT2D eigenvalue weighted by Gasteiger charge is -2.16. The van der Waals surface area contributed by atoms with Gasteiger partial charge in [0.2, 0.25) is 5.91 Å². The lowest BCUT2D eigenvalue weighted by molar-refractivity contribution is -0.150. The van der Waals surface area contributed by atoms with Crippen LogP contribution >= 0.6 is 0 Å². The minimum Gasteiger partial charge on any atom is -0.465 e. The quantitative estimate of drug-likeness (QED) is 0.427. The highest BCUT2D eigenvalue weighted by molar-refractivity contribution is 6.11. The number of esters is 1. The fourth-order valence-electron chi connectivity index (χ4n) is 2.94. The molecule has 0 spiro atoms. The second-order valence-corrected chi connectivity index (χ2v) is 6.34. The Morgan fingerprint density at radius 3 is 2.54 bits per heavy atom. The van der Waals surface area contributed by atoms with Crippen LogP contribution in [0, 0.1) is 5.92 Å². The number of ketones is 1. The molecule has 0 saturated carbocycles. The molecule has 1 amide bonds. The van der Waals surface area contributed by atoms with Crippen molar-refractivity contribution < 1.29 is 19.1 Å². The van der Waals surface area contributed by atoms with Crippen LogP contribution in [0.3, 0.4) is 0 Å². The third kappa shape index (κ3) is 5.39. The Bertz CT molecular complexity index is 847. The first kappa shape index (κ1) is 21.1. The largest absolute Gasteiger partial charge is 0.465 e. The molecule has 0 bridgehead atoms. The van der Waals surface area contributed by atoms with Gasteiger partial charge in [-0.3, -0.25) is 14.4 Å². The van der Waals surface area contributed by atoms with Gasteiger partial charge in [0, 0.05) is 19.0 Å². The molecule has 1 aliphatic carbocycles. The van der Waals surface area contributed by atoms with Gasteiger partial charge in [-0.2, -0.15) is 0 Å². The molecule has 2 rings (SSSR count). The molecule has 1 aromatic rings. The lowest BCUT2D eigenvalue weighted by atomic mass is 9.90. The first-order valence-corrected chi connectivity index (χ1v) is 9.19. The molecule has 1 N–H and O–H groups in total. The summed E-state index contributed by atoms with van der Waals surface area (Å²) in [6, 6.07) is 9.99. The monoisotopic (exact) mass is 379 g/mol. The van der Waals surface area contributed by atoms with Gasteiger partial charge in [0.1, 0.15) is 5.92 Å². The van der Waals surface area contributed by atoms with Crippen molar-refractivity contribution in [3.05, 3.63) is 77.9 Å². The zero-order valence-electron chi connectivity index (χ0n) is 16.2. The second-order valence-electron chi connectivity index (χ2n) is 6.34. The van der Waals surface area contributed by atoms with Gasteiger partial charge in [-0.1, -0.05) is 61.2 Å². The molecule has 5 nitrogen and oxygen atoms in total. The number of amides is 1. The van der Waals surface area contributed by atoms with Gasteiger partial charge in [-0.25, -0.2) is 0 Å². The number of carbonyl (C=O) groups excluding carboxylic acids is 3. The van der Waals surface area contributed by atoms with Crippen LogP contribution in [0.15, 0.2) is 72.4 Å². The van der Waals surface area contributed by atoms with Gasteiger partial charge in [0.05, 0.1) is 6.61 Å². The predicted octanol–water partition coefficient (Wildman–Crippen LogP) is 3.40. The number of carbonyl (C=O) groups is 3. The molecule has 0 radical (unpaired) electrons. The first-order chi connectivity index (χ1) is 13.5. The number of rotatable bonds is 8. The van der Waals surface area contributed by atoms with E-state index in [2.05, 4.69) is 11.9 Å². The van der Waals surface area contributed by atoms with Crippen molar-refractivity contribution in [2.45, 2.75) is 19.8 Å². The van der Waals surface area contributed by atoms with Crippen LogP contribution in [0.1, 0.15) is 25.3 Å². The summed E-state index contributed by atoms with van der Waals surface area (Å²) in [5.74, 6) is -3.03. The van der Waals surface area contributed by atoms with Gasteiger partial charge in [0.25, 0.3) is 0 Å². The van der Waals surface area contributed by atoms with Crippen LogP contribution in [0.2, 0.25) is 0 Å². The summed E-state index contributed by atoms with van der Waals surface area (Å²) in [6.07, 6.45) is 8.45. The standard InChI is InChI=1S/C23H25NO4/c1-4-28-23(27)21(16(2)22(26)24-3)20(25)15-17-9-8-12-19(14-13-17)18-10-6-5-7-11-18/h5-11,13-14,21H,2,4,12,15H2,1,3H3,(H,24,26). The highest BCUT2D eigenvalue weighted by Crippen LogP contribution is 2.24. The fourth-order valence-corrected chi connectivity index (χ4v) is 2.94. The van der Waals surface area contributed by atoms with E-state index in [1.54, 1.807) is 6.92 Å². The Morgan fingerprint density at radius 1 is 1.18 bits per heavy atom. The average molecular weight is 379 g/mol. The van der Waals surface area contributed by atoms with Gasteiger partial charge in [-0.15, -0.1) is 0 Å². The van der Waals surface area contributed by atoms with Gasteiger partial charge >= 0.3 is 5.97 Å². The Kier molecular flexibility index (Phi) is 7.69. The van der Waals surface area contributed by atoms with Crippen LogP contribution in [0.5, 0.6) is 0 Å². The third-order valence-electron chi connectivity index (χ3n) is 4.40. The molecule has 0 aliphatic heterocycles. The lowest BCUT2D eigenvalue weighted by Crippen LogP contribution is -2.34. The predicted molar refractivity (Wildman–Crippen MR) is 109 cm³/mol. The van der Waals surface area contributed by atoms with Crippen molar-refractivity contribution in [2.24, 2.45) is 5.92 Å². The molecule has 0 heterocycles. The highest BCUT2D eigenvalue weighted by Gasteiger charge is 2.33. The van der Waals surface area contributed by atoms with Crippen molar-refractivity contribution in [2.75, 3.05) is 13.7 Å². The summed E-state index contributed by atoms with van der Waals surface area (Å²) >= 11 is 0. The first-order valence-electron chi connectivity index (χ1n) is 9.19. The summed E-state index contributed by atoms with van der Waals surface area (Å²) in [4.78, 5) is 37.0. The molecule has 1 atom stereocenters. The molecule has 0 saturated heterocycles. The van der Waals surface area contributed by atoms with Crippen LogP contribution in [0.25, 0.3) is 5.57 Å². The van der Waals surface area contributed by atoms with Crippen molar-refractivity contribution in [1.82, 2.24) is 5.32 Å². The zero-order chi connectivity index (χ0) is 20.5. The average Bonchev–Trinajstić information content (AvgIpc) is 2.94. The van der Waals surface area contributed by atoms with Crippen LogP contribution in [-0.4, -0.2) is 31.3 Å². The second kappa shape index (κ2) is 10.2. The molecular formula is C23H25NO4. The maximum absolute atomic E-state index is 12.8. The van der Waals surface area contributed by atoms with Crippen molar-refractivity contribution in [3.8, 4) is 0 Å². The van der Waals surface area contributed by atoms with E-state index in [9.17, 15) is 14.4 Å². The van der Waals surface area contributed by atoms with E-state index >= 15 is 0 Å². The zero-order valence-corrected chi connectivity index (χ0v) is 16.2. The number of nitrogens with one attached hydrogen (secondary N) is 1. The number of likely N-dealkylation sites (N-methyl/N-ethyl adjacent to an activating group) is 1. The summed E-state index contributed by atoms with van der Waals surface area (Å²) in [6.45, 7) is 5.40. The van der Waals surface area contributed by atoms with E-state index in [-0.39, 0.29) is 18.6 Å². The Morgan fingerprint density at radius 2 is 1.89 bits per heavy atom. The molecule has 5 heteroatoms. The number of hydrogen-bond donors (Lipinski definition) is 1. The minimum absolute atomic E-state index is 0.00850. The van der Waals surface area contributed by atoms with Crippen LogP contribution in [-0.2, 0) is 19.1 Å². The SMILES string of the molecule is C=C(C(=O)NC)C(C(=O)CC1=CC=C(c2ccccc2)CC=C1)C(=O)OCC. The maximum Gasteiger partial charge on any atom is 0.321 e. The Labute approximate surface area is 165 Å². The van der Waals surface area contributed by atoms with E-state index in [4.69, 9.17) is 4.74 Å². The smallest absolute Gasteiger partial charge is 0.321 e. The van der Waals surface area contributed by atoms with Crippen LogP contribution in [0.4, 0.5) is 0 Å². The number of benzene rings is 1. The normalized spacial score (nSPS) is 14.2. The molecule has 0 aromatic heterocycles. The minimum atomic E-state index is -1.31. The molecule has 1 aromatic carbocycles. The molecule has 146 valence electrons. The number of hydrogen-bond acceptors (Lipinski definition) is 4. The van der Waals surface area contributed by atoms with E-state index < -0.39 is 23.6 Å². The number of Topliss-reactive ketones (excluding diaryl/α,β-unsaturated/α-hetero) is 1. The van der Waals surface area contributed by atoms with Crippen LogP contribution < -0.4 is 5.32 Å². The fraction of sp³-hybridized carbons (Fsp3) is 0.261. The molecule has 0 fully saturated rings. The third-order valence-corrected chi connectivity index (χ3v) is 4.40. The van der Waals surface area contributed by atoms with Crippen molar-refractivity contribution >= 4 is 23.2 Å². The molecular weight excluding hydrogens is 354 g/mol. The number of ether oxygens (including phenoxy) is 1.